The van der Waals surface area contributed by atoms with Gasteiger partial charge in [-0.1, -0.05) is 29.8 Å². The number of furan rings is 1. The molecule has 2 heterocycles. The van der Waals surface area contributed by atoms with E-state index in [1.807, 2.05) is 55.5 Å². The van der Waals surface area contributed by atoms with E-state index < -0.39 is 0 Å². The number of rotatable bonds is 6. The number of amides is 1. The smallest absolute Gasteiger partial charge is 0.251 e. The van der Waals surface area contributed by atoms with Crippen LogP contribution in [0.2, 0.25) is 0 Å². The minimum atomic E-state index is -0.186. The Morgan fingerprint density at radius 3 is 2.50 bits per heavy atom. The standard InChI is InChI=1S/C24H26FN3O2/c1-18-8-10-19(11-9-18)24(29)26-17-22(23-7-4-16-30-23)28-14-12-27(13-15-28)21-6-3-2-5-20(21)25/h2-11,16,22H,12-15,17H2,1H3,(H,26,29)/p+1/t22-/m1/s1. The molecule has 1 amide bonds. The lowest BCUT2D eigenvalue weighted by molar-refractivity contribution is -0.932. The number of piperazine rings is 1. The minimum absolute atomic E-state index is 0.0113. The zero-order valence-electron chi connectivity index (χ0n) is 17.1. The average Bonchev–Trinajstić information content (AvgIpc) is 3.30. The highest BCUT2D eigenvalue weighted by Crippen LogP contribution is 2.19. The van der Waals surface area contributed by atoms with E-state index in [-0.39, 0.29) is 17.8 Å². The summed E-state index contributed by atoms with van der Waals surface area (Å²) in [5.41, 5.74) is 2.43. The van der Waals surface area contributed by atoms with Gasteiger partial charge in [-0.2, -0.15) is 0 Å². The number of anilines is 1. The van der Waals surface area contributed by atoms with Gasteiger partial charge in [0.1, 0.15) is 5.82 Å². The van der Waals surface area contributed by atoms with Crippen LogP contribution in [-0.2, 0) is 0 Å². The highest BCUT2D eigenvalue weighted by Gasteiger charge is 2.31. The van der Waals surface area contributed by atoms with Crippen molar-refractivity contribution in [3.8, 4) is 0 Å². The van der Waals surface area contributed by atoms with Crippen molar-refractivity contribution in [1.29, 1.82) is 0 Å². The monoisotopic (exact) mass is 408 g/mol. The van der Waals surface area contributed by atoms with Crippen molar-refractivity contribution >= 4 is 11.6 Å². The summed E-state index contributed by atoms with van der Waals surface area (Å²) in [6.45, 7) is 5.65. The molecule has 2 aromatic carbocycles. The first-order chi connectivity index (χ1) is 14.6. The Morgan fingerprint density at radius 1 is 1.10 bits per heavy atom. The molecule has 156 valence electrons. The predicted octanol–water partition coefficient (Wildman–Crippen LogP) is 2.60. The highest BCUT2D eigenvalue weighted by molar-refractivity contribution is 5.94. The van der Waals surface area contributed by atoms with E-state index in [1.165, 1.54) is 11.0 Å². The Morgan fingerprint density at radius 2 is 1.83 bits per heavy atom. The normalized spacial score (nSPS) is 15.7. The molecule has 0 bridgehead atoms. The number of carbonyl (C=O) groups is 1. The number of halogens is 1. The number of benzene rings is 2. The molecule has 1 fully saturated rings. The van der Waals surface area contributed by atoms with Gasteiger partial charge >= 0.3 is 0 Å². The van der Waals surface area contributed by atoms with Gasteiger partial charge in [0, 0.05) is 5.56 Å². The van der Waals surface area contributed by atoms with Gasteiger partial charge in [-0.15, -0.1) is 0 Å². The molecular formula is C24H27FN3O2+. The Kier molecular flexibility index (Phi) is 6.14. The summed E-state index contributed by atoms with van der Waals surface area (Å²) in [6.07, 6.45) is 1.67. The van der Waals surface area contributed by atoms with Gasteiger partial charge in [0.05, 0.1) is 44.7 Å². The maximum Gasteiger partial charge on any atom is 0.251 e. The number of quaternary nitrogens is 1. The van der Waals surface area contributed by atoms with Gasteiger partial charge in [0.2, 0.25) is 0 Å². The van der Waals surface area contributed by atoms with Crippen LogP contribution < -0.4 is 15.1 Å². The van der Waals surface area contributed by atoms with Crippen LogP contribution in [0.3, 0.4) is 0 Å². The third-order valence-corrected chi connectivity index (χ3v) is 5.76. The van der Waals surface area contributed by atoms with E-state index in [0.29, 0.717) is 17.8 Å². The summed E-state index contributed by atoms with van der Waals surface area (Å²) in [4.78, 5) is 16.0. The molecule has 1 aliphatic rings. The van der Waals surface area contributed by atoms with E-state index in [2.05, 4.69) is 10.2 Å². The molecule has 0 aliphatic carbocycles. The molecule has 6 heteroatoms. The number of hydrogen-bond donors (Lipinski definition) is 2. The van der Waals surface area contributed by atoms with Crippen LogP contribution in [0, 0.1) is 12.7 Å². The third kappa shape index (κ3) is 4.54. The summed E-state index contributed by atoms with van der Waals surface area (Å²) in [5, 5.41) is 3.06. The van der Waals surface area contributed by atoms with Crippen LogP contribution in [0.15, 0.2) is 71.3 Å². The van der Waals surface area contributed by atoms with Crippen molar-refractivity contribution < 1.29 is 18.5 Å². The van der Waals surface area contributed by atoms with Crippen molar-refractivity contribution in [2.45, 2.75) is 13.0 Å². The van der Waals surface area contributed by atoms with Crippen LogP contribution in [0.25, 0.3) is 0 Å². The molecule has 1 saturated heterocycles. The Balaban J connectivity index is 1.41. The highest BCUT2D eigenvalue weighted by atomic mass is 19.1. The summed E-state index contributed by atoms with van der Waals surface area (Å²) < 4.78 is 19.8. The van der Waals surface area contributed by atoms with Crippen LogP contribution in [-0.4, -0.2) is 38.6 Å². The topological polar surface area (TPSA) is 49.9 Å². The number of hydrogen-bond acceptors (Lipinski definition) is 3. The first-order valence-corrected chi connectivity index (χ1v) is 10.3. The quantitative estimate of drug-likeness (QED) is 0.659. The fourth-order valence-electron chi connectivity index (χ4n) is 4.03. The molecule has 2 N–H and O–H groups in total. The number of para-hydroxylation sites is 1. The minimum Gasteiger partial charge on any atom is -0.463 e. The first-order valence-electron chi connectivity index (χ1n) is 10.3. The SMILES string of the molecule is Cc1ccc(C(=O)NC[C@H](c2ccco2)[NH+]2CCN(c3ccccc3F)CC2)cc1. The molecule has 5 nitrogen and oxygen atoms in total. The maximum absolute atomic E-state index is 14.1. The fraction of sp³-hybridized carbons (Fsp3) is 0.292. The van der Waals surface area contributed by atoms with Gasteiger partial charge in [-0.25, -0.2) is 4.39 Å². The average molecular weight is 408 g/mol. The van der Waals surface area contributed by atoms with Crippen molar-refractivity contribution in [1.82, 2.24) is 5.32 Å². The van der Waals surface area contributed by atoms with Crippen molar-refractivity contribution in [2.24, 2.45) is 0 Å². The summed E-state index contributed by atoms with van der Waals surface area (Å²) in [6, 6.07) is 18.3. The van der Waals surface area contributed by atoms with E-state index >= 15 is 0 Å². The van der Waals surface area contributed by atoms with E-state index in [1.54, 1.807) is 12.3 Å². The van der Waals surface area contributed by atoms with Crippen LogP contribution in [0.1, 0.15) is 27.7 Å². The molecule has 3 aromatic rings. The predicted molar refractivity (Wildman–Crippen MR) is 114 cm³/mol. The van der Waals surface area contributed by atoms with Crippen LogP contribution in [0.5, 0.6) is 0 Å². The largest absolute Gasteiger partial charge is 0.463 e. The molecule has 0 radical (unpaired) electrons. The third-order valence-electron chi connectivity index (χ3n) is 5.76. The molecule has 1 aromatic heterocycles. The van der Waals surface area contributed by atoms with Gasteiger partial charge in [0.25, 0.3) is 5.91 Å². The maximum atomic E-state index is 14.1. The summed E-state index contributed by atoms with van der Waals surface area (Å²) in [5.74, 6) is 0.582. The molecule has 0 saturated carbocycles. The fourth-order valence-corrected chi connectivity index (χ4v) is 4.03. The number of nitrogens with zero attached hydrogens (tertiary/aromatic N) is 1. The number of carbonyl (C=O) groups excluding carboxylic acids is 1. The van der Waals surface area contributed by atoms with Gasteiger partial charge in [0.15, 0.2) is 11.8 Å². The number of aryl methyl sites for hydroxylation is 1. The Bertz CT molecular complexity index is 964. The molecular weight excluding hydrogens is 381 g/mol. The summed E-state index contributed by atoms with van der Waals surface area (Å²) in [7, 11) is 0. The van der Waals surface area contributed by atoms with Crippen molar-refractivity contribution in [2.75, 3.05) is 37.6 Å². The molecule has 0 spiro atoms. The Labute approximate surface area is 176 Å². The van der Waals surface area contributed by atoms with Gasteiger partial charge in [-0.05, 0) is 43.3 Å². The molecule has 1 atom stereocenters. The molecule has 0 unspecified atom stereocenters. The summed E-state index contributed by atoms with van der Waals surface area (Å²) >= 11 is 0. The lowest BCUT2D eigenvalue weighted by atomic mass is 10.1. The zero-order chi connectivity index (χ0) is 20.9. The van der Waals surface area contributed by atoms with E-state index in [0.717, 1.165) is 37.5 Å². The lowest BCUT2D eigenvalue weighted by Gasteiger charge is -2.37. The van der Waals surface area contributed by atoms with E-state index in [9.17, 15) is 9.18 Å². The first kappa shape index (κ1) is 20.2. The van der Waals surface area contributed by atoms with Crippen molar-refractivity contribution in [3.63, 3.8) is 0 Å². The van der Waals surface area contributed by atoms with E-state index in [4.69, 9.17) is 4.42 Å². The van der Waals surface area contributed by atoms with Crippen LogP contribution in [0.4, 0.5) is 10.1 Å². The zero-order valence-corrected chi connectivity index (χ0v) is 17.1. The second-order valence-electron chi connectivity index (χ2n) is 7.74. The van der Waals surface area contributed by atoms with Gasteiger partial charge < -0.3 is 19.5 Å². The molecule has 30 heavy (non-hydrogen) atoms. The molecule has 4 rings (SSSR count). The van der Waals surface area contributed by atoms with Crippen LogP contribution >= 0.6 is 0 Å². The van der Waals surface area contributed by atoms with Gasteiger partial charge in [-0.3, -0.25) is 4.79 Å². The second kappa shape index (κ2) is 9.13. The number of nitrogens with one attached hydrogen (secondary N) is 2. The molecule has 1 aliphatic heterocycles. The van der Waals surface area contributed by atoms with Crippen molar-refractivity contribution in [3.05, 3.63) is 89.6 Å². The Hall–Kier alpha value is -3.12. The second-order valence-corrected chi connectivity index (χ2v) is 7.74. The lowest BCUT2D eigenvalue weighted by Crippen LogP contribution is -3.15.